The van der Waals surface area contributed by atoms with Crippen LogP contribution >= 0.6 is 23.1 Å². The van der Waals surface area contributed by atoms with Gasteiger partial charge in [-0.15, -0.1) is 23.1 Å². The highest BCUT2D eigenvalue weighted by Crippen LogP contribution is 2.32. The van der Waals surface area contributed by atoms with Crippen LogP contribution in [0.2, 0.25) is 0 Å². The van der Waals surface area contributed by atoms with Crippen LogP contribution in [-0.4, -0.2) is 12.5 Å². The van der Waals surface area contributed by atoms with E-state index in [9.17, 15) is 4.79 Å². The van der Waals surface area contributed by atoms with Crippen molar-refractivity contribution in [2.24, 2.45) is 0 Å². The van der Waals surface area contributed by atoms with Crippen molar-refractivity contribution in [2.75, 3.05) is 6.26 Å². The van der Waals surface area contributed by atoms with Crippen LogP contribution in [0.1, 0.15) is 9.67 Å². The number of thiophene rings is 1. The van der Waals surface area contributed by atoms with E-state index in [4.69, 9.17) is 4.74 Å². The van der Waals surface area contributed by atoms with Gasteiger partial charge in [0.25, 0.3) is 0 Å². The quantitative estimate of drug-likeness (QED) is 0.604. The van der Waals surface area contributed by atoms with Crippen LogP contribution in [0.15, 0.2) is 40.6 Å². The lowest BCUT2D eigenvalue weighted by Gasteiger charge is -2.06. The first-order chi connectivity index (χ1) is 7.83. The van der Waals surface area contributed by atoms with Gasteiger partial charge in [-0.05, 0) is 18.4 Å². The molecule has 0 bridgehead atoms. The van der Waals surface area contributed by atoms with Gasteiger partial charge in [0, 0.05) is 16.3 Å². The Morgan fingerprint density at radius 1 is 1.38 bits per heavy atom. The monoisotopic (exact) mass is 250 g/mol. The minimum absolute atomic E-state index is 0.677. The Morgan fingerprint density at radius 3 is 2.88 bits per heavy atom. The molecule has 0 atom stereocenters. The number of hydrogen-bond donors (Lipinski definition) is 0. The van der Waals surface area contributed by atoms with E-state index < -0.39 is 0 Å². The highest BCUT2D eigenvalue weighted by atomic mass is 32.2. The smallest absolute Gasteiger partial charge is 0.160 e. The summed E-state index contributed by atoms with van der Waals surface area (Å²) in [6.07, 6.45) is 2.84. The second-order valence-electron chi connectivity index (χ2n) is 3.06. The average molecular weight is 250 g/mol. The van der Waals surface area contributed by atoms with Gasteiger partial charge >= 0.3 is 0 Å². The Bertz CT molecular complexity index is 491. The predicted molar refractivity (Wildman–Crippen MR) is 68.0 cm³/mol. The number of benzene rings is 1. The molecule has 0 aliphatic heterocycles. The van der Waals surface area contributed by atoms with Crippen LogP contribution in [0.4, 0.5) is 0 Å². The molecule has 16 heavy (non-hydrogen) atoms. The van der Waals surface area contributed by atoms with E-state index >= 15 is 0 Å². The van der Waals surface area contributed by atoms with Crippen molar-refractivity contribution in [1.29, 1.82) is 0 Å². The van der Waals surface area contributed by atoms with Gasteiger partial charge in [0.05, 0.1) is 4.88 Å². The zero-order chi connectivity index (χ0) is 11.4. The number of aldehydes is 1. The number of para-hydroxylation sites is 1. The van der Waals surface area contributed by atoms with Crippen molar-refractivity contribution in [2.45, 2.75) is 4.90 Å². The van der Waals surface area contributed by atoms with Crippen molar-refractivity contribution in [3.8, 4) is 11.5 Å². The molecule has 0 unspecified atom stereocenters. The van der Waals surface area contributed by atoms with Crippen molar-refractivity contribution in [1.82, 2.24) is 0 Å². The van der Waals surface area contributed by atoms with Gasteiger partial charge in [-0.25, -0.2) is 0 Å². The highest BCUT2D eigenvalue weighted by molar-refractivity contribution is 7.98. The Labute approximate surface area is 102 Å². The largest absolute Gasteiger partial charge is 0.455 e. The summed E-state index contributed by atoms with van der Waals surface area (Å²) in [5.41, 5.74) is 0. The molecule has 0 aliphatic rings. The molecule has 82 valence electrons. The molecule has 1 heterocycles. The third-order valence-corrected chi connectivity index (χ3v) is 3.62. The van der Waals surface area contributed by atoms with E-state index in [-0.39, 0.29) is 0 Å². The van der Waals surface area contributed by atoms with Gasteiger partial charge in [-0.3, -0.25) is 4.79 Å². The topological polar surface area (TPSA) is 26.3 Å². The van der Waals surface area contributed by atoms with Gasteiger partial charge in [0.15, 0.2) is 6.29 Å². The average Bonchev–Trinajstić information content (AvgIpc) is 2.77. The van der Waals surface area contributed by atoms with E-state index in [0.717, 1.165) is 16.9 Å². The van der Waals surface area contributed by atoms with Crippen molar-refractivity contribution < 1.29 is 9.53 Å². The number of carbonyl (C=O) groups is 1. The summed E-state index contributed by atoms with van der Waals surface area (Å²) in [7, 11) is 0. The Morgan fingerprint density at radius 2 is 2.19 bits per heavy atom. The van der Waals surface area contributed by atoms with Gasteiger partial charge in [-0.2, -0.15) is 0 Å². The molecule has 0 amide bonds. The molecular formula is C12H10O2S2. The standard InChI is InChI=1S/C12H10O2S2/c1-15-12-5-3-2-4-11(12)14-9-6-10(7-13)16-8-9/h2-8H,1H3. The summed E-state index contributed by atoms with van der Waals surface area (Å²) in [6, 6.07) is 9.58. The van der Waals surface area contributed by atoms with Crippen LogP contribution in [0.5, 0.6) is 11.5 Å². The summed E-state index contributed by atoms with van der Waals surface area (Å²) in [5, 5.41) is 1.83. The van der Waals surface area contributed by atoms with Crippen LogP contribution in [0.3, 0.4) is 0 Å². The van der Waals surface area contributed by atoms with Crippen molar-refractivity contribution >= 4 is 29.4 Å². The summed E-state index contributed by atoms with van der Waals surface area (Å²) in [4.78, 5) is 12.3. The molecule has 4 heteroatoms. The van der Waals surface area contributed by atoms with Crippen LogP contribution in [-0.2, 0) is 0 Å². The number of rotatable bonds is 4. The molecule has 1 aromatic heterocycles. The number of hydrogen-bond acceptors (Lipinski definition) is 4. The molecule has 0 spiro atoms. The fraction of sp³-hybridized carbons (Fsp3) is 0.0833. The summed E-state index contributed by atoms with van der Waals surface area (Å²) < 4.78 is 5.71. The van der Waals surface area contributed by atoms with E-state index in [2.05, 4.69) is 0 Å². The summed E-state index contributed by atoms with van der Waals surface area (Å²) in [5.74, 6) is 1.54. The first kappa shape index (κ1) is 11.2. The maximum Gasteiger partial charge on any atom is 0.160 e. The first-order valence-corrected chi connectivity index (χ1v) is 6.78. The maximum atomic E-state index is 10.5. The summed E-state index contributed by atoms with van der Waals surface area (Å²) in [6.45, 7) is 0. The second kappa shape index (κ2) is 5.18. The minimum atomic E-state index is 0.677. The molecule has 2 aromatic rings. The molecule has 0 fully saturated rings. The Balaban J connectivity index is 2.22. The zero-order valence-corrected chi connectivity index (χ0v) is 10.3. The molecule has 1 aromatic carbocycles. The molecule has 2 nitrogen and oxygen atoms in total. The number of thioether (sulfide) groups is 1. The minimum Gasteiger partial charge on any atom is -0.455 e. The predicted octanol–water partition coefficient (Wildman–Crippen LogP) is 4.07. The van der Waals surface area contributed by atoms with Crippen molar-refractivity contribution in [3.63, 3.8) is 0 Å². The highest BCUT2D eigenvalue weighted by Gasteiger charge is 2.05. The van der Waals surface area contributed by atoms with E-state index in [1.54, 1.807) is 17.8 Å². The fourth-order valence-electron chi connectivity index (χ4n) is 1.28. The van der Waals surface area contributed by atoms with E-state index in [0.29, 0.717) is 10.6 Å². The van der Waals surface area contributed by atoms with Gasteiger partial charge in [0.1, 0.15) is 11.5 Å². The zero-order valence-electron chi connectivity index (χ0n) is 8.67. The molecule has 0 N–H and O–H groups in total. The van der Waals surface area contributed by atoms with Crippen LogP contribution in [0.25, 0.3) is 0 Å². The summed E-state index contributed by atoms with van der Waals surface area (Å²) >= 11 is 3.02. The normalized spacial score (nSPS) is 10.1. The van der Waals surface area contributed by atoms with Crippen LogP contribution < -0.4 is 4.74 Å². The van der Waals surface area contributed by atoms with Crippen LogP contribution in [0, 0.1) is 0 Å². The fourth-order valence-corrected chi connectivity index (χ4v) is 2.41. The van der Waals surface area contributed by atoms with Crippen molar-refractivity contribution in [3.05, 3.63) is 40.6 Å². The Kier molecular flexibility index (Phi) is 3.64. The van der Waals surface area contributed by atoms with E-state index in [1.165, 1.54) is 11.3 Å². The van der Waals surface area contributed by atoms with E-state index in [1.807, 2.05) is 35.9 Å². The molecule has 2 rings (SSSR count). The van der Waals surface area contributed by atoms with Gasteiger partial charge in [-0.1, -0.05) is 12.1 Å². The number of carbonyl (C=O) groups excluding carboxylic acids is 1. The SMILES string of the molecule is CSc1ccccc1Oc1csc(C=O)c1. The lowest BCUT2D eigenvalue weighted by Crippen LogP contribution is -1.84. The second-order valence-corrected chi connectivity index (χ2v) is 4.85. The molecular weight excluding hydrogens is 240 g/mol. The molecule has 0 radical (unpaired) electrons. The van der Waals surface area contributed by atoms with Gasteiger partial charge in [0.2, 0.25) is 0 Å². The maximum absolute atomic E-state index is 10.5. The molecule has 0 aliphatic carbocycles. The third kappa shape index (κ3) is 2.46. The third-order valence-electron chi connectivity index (χ3n) is 2.01. The number of ether oxygens (including phenoxy) is 1. The lowest BCUT2D eigenvalue weighted by molar-refractivity contribution is 0.112. The molecule has 0 saturated carbocycles. The molecule has 0 saturated heterocycles. The van der Waals surface area contributed by atoms with Gasteiger partial charge < -0.3 is 4.74 Å². The lowest BCUT2D eigenvalue weighted by atomic mass is 10.3. The Hall–Kier alpha value is -1.26. The first-order valence-electron chi connectivity index (χ1n) is 4.68.